The fourth-order valence-electron chi connectivity index (χ4n) is 3.63. The Balaban J connectivity index is 1.52. The normalized spacial score (nSPS) is 15.4. The molecule has 0 bridgehead atoms. The van der Waals surface area contributed by atoms with Crippen LogP contribution in [0.1, 0.15) is 16.5 Å². The quantitative estimate of drug-likeness (QED) is 0.371. The van der Waals surface area contributed by atoms with Crippen molar-refractivity contribution in [1.29, 1.82) is 0 Å². The molecule has 176 valence electrons. The van der Waals surface area contributed by atoms with E-state index in [0.29, 0.717) is 32.4 Å². The largest absolute Gasteiger partial charge is 0.493 e. The van der Waals surface area contributed by atoms with E-state index in [2.05, 4.69) is 21.2 Å². The molecule has 0 aliphatic carbocycles. The van der Waals surface area contributed by atoms with E-state index in [9.17, 15) is 9.59 Å². The number of carbonyl (C=O) groups excluding carboxylic acids is 2. The summed E-state index contributed by atoms with van der Waals surface area (Å²) in [6.07, 6.45) is 0. The average Bonchev–Trinajstić information content (AvgIpc) is 3.19. The number of nitrogens with one attached hydrogen (secondary N) is 1. The molecule has 1 fully saturated rings. The van der Waals surface area contributed by atoms with Crippen LogP contribution < -0.4 is 19.7 Å². The van der Waals surface area contributed by atoms with Gasteiger partial charge in [0.15, 0.2) is 18.1 Å². The van der Waals surface area contributed by atoms with E-state index in [0.717, 1.165) is 16.8 Å². The van der Waals surface area contributed by atoms with Crippen molar-refractivity contribution in [3.8, 4) is 11.5 Å². The Bertz CT molecular complexity index is 1220. The molecule has 0 aromatic heterocycles. The molecule has 1 aliphatic rings. The van der Waals surface area contributed by atoms with E-state index in [4.69, 9.17) is 21.1 Å². The highest BCUT2D eigenvalue weighted by atomic mass is 79.9. The van der Waals surface area contributed by atoms with Crippen LogP contribution in [0.5, 0.6) is 11.5 Å². The zero-order valence-electron chi connectivity index (χ0n) is 18.5. The van der Waals surface area contributed by atoms with Gasteiger partial charge in [-0.25, -0.2) is 0 Å². The zero-order chi connectivity index (χ0) is 24.2. The lowest BCUT2D eigenvalue weighted by atomic mass is 10.1. The van der Waals surface area contributed by atoms with Crippen molar-refractivity contribution in [2.45, 2.75) is 12.3 Å². The van der Waals surface area contributed by atoms with Crippen LogP contribution in [0.15, 0.2) is 65.1 Å². The van der Waals surface area contributed by atoms with Gasteiger partial charge in [-0.3, -0.25) is 14.5 Å². The summed E-state index contributed by atoms with van der Waals surface area (Å²) in [7, 11) is 1.54. The minimum absolute atomic E-state index is 0.0144. The van der Waals surface area contributed by atoms with Crippen LogP contribution in [-0.4, -0.2) is 31.3 Å². The van der Waals surface area contributed by atoms with Gasteiger partial charge in [0.25, 0.3) is 5.91 Å². The fourth-order valence-corrected chi connectivity index (χ4v) is 5.49. The van der Waals surface area contributed by atoms with E-state index < -0.39 is 0 Å². The summed E-state index contributed by atoms with van der Waals surface area (Å²) in [6.45, 7) is 1.77. The molecule has 0 radical (unpaired) electrons. The molecule has 0 unspecified atom stereocenters. The number of carbonyl (C=O) groups is 2. The summed E-state index contributed by atoms with van der Waals surface area (Å²) >= 11 is 11.1. The Morgan fingerprint density at radius 1 is 1.21 bits per heavy atom. The Morgan fingerprint density at radius 2 is 1.97 bits per heavy atom. The molecule has 1 heterocycles. The number of aryl methyl sites for hydroxylation is 1. The third-order valence-corrected chi connectivity index (χ3v) is 7.21. The van der Waals surface area contributed by atoms with Crippen LogP contribution in [0.3, 0.4) is 0 Å². The lowest BCUT2D eigenvalue weighted by molar-refractivity contribution is -0.118. The molecule has 1 atom stereocenters. The summed E-state index contributed by atoms with van der Waals surface area (Å²) in [5.74, 6) is 0.974. The molecule has 1 aliphatic heterocycles. The van der Waals surface area contributed by atoms with Gasteiger partial charge in [-0.1, -0.05) is 23.7 Å². The summed E-state index contributed by atoms with van der Waals surface area (Å²) in [6, 6.07) is 18.4. The number of hydrogen-bond donors (Lipinski definition) is 1. The summed E-state index contributed by atoms with van der Waals surface area (Å²) in [5, 5.41) is 3.19. The monoisotopic (exact) mass is 560 g/mol. The first-order valence-corrected chi connectivity index (χ1v) is 12.6. The molecule has 9 heteroatoms. The Kier molecular flexibility index (Phi) is 7.70. The van der Waals surface area contributed by atoms with Crippen molar-refractivity contribution in [2.24, 2.45) is 0 Å². The summed E-state index contributed by atoms with van der Waals surface area (Å²) < 4.78 is 12.0. The average molecular weight is 562 g/mol. The van der Waals surface area contributed by atoms with E-state index in [-0.39, 0.29) is 23.8 Å². The minimum Gasteiger partial charge on any atom is -0.493 e. The third-order valence-electron chi connectivity index (χ3n) is 5.16. The second kappa shape index (κ2) is 10.7. The first-order valence-electron chi connectivity index (χ1n) is 10.4. The molecule has 0 saturated carbocycles. The molecular formula is C25H22BrClN2O4S. The lowest BCUT2D eigenvalue weighted by Gasteiger charge is -2.25. The van der Waals surface area contributed by atoms with Crippen molar-refractivity contribution in [2.75, 3.05) is 29.7 Å². The first-order chi connectivity index (χ1) is 16.4. The van der Waals surface area contributed by atoms with E-state index >= 15 is 0 Å². The van der Waals surface area contributed by atoms with Gasteiger partial charge in [-0.05, 0) is 82.5 Å². The topological polar surface area (TPSA) is 67.9 Å². The van der Waals surface area contributed by atoms with Crippen LogP contribution in [0.4, 0.5) is 11.4 Å². The van der Waals surface area contributed by atoms with Crippen molar-refractivity contribution in [1.82, 2.24) is 0 Å². The maximum Gasteiger partial charge on any atom is 0.262 e. The van der Waals surface area contributed by atoms with Crippen molar-refractivity contribution >= 4 is 62.5 Å². The van der Waals surface area contributed by atoms with Crippen LogP contribution in [0, 0.1) is 6.92 Å². The number of anilines is 2. The molecular weight excluding hydrogens is 540 g/mol. The highest BCUT2D eigenvalue weighted by Crippen LogP contribution is 2.46. The van der Waals surface area contributed by atoms with Crippen LogP contribution in [-0.2, 0) is 9.59 Å². The Morgan fingerprint density at radius 3 is 2.68 bits per heavy atom. The molecule has 3 aromatic carbocycles. The number of methoxy groups -OCH3 is 1. The maximum atomic E-state index is 12.7. The summed E-state index contributed by atoms with van der Waals surface area (Å²) in [4.78, 5) is 26.8. The van der Waals surface area contributed by atoms with Crippen LogP contribution >= 0.6 is 39.3 Å². The number of amides is 2. The van der Waals surface area contributed by atoms with Gasteiger partial charge in [-0.2, -0.15) is 0 Å². The van der Waals surface area contributed by atoms with E-state index in [1.165, 1.54) is 18.9 Å². The number of ether oxygens (including phenoxy) is 2. The molecule has 4 rings (SSSR count). The van der Waals surface area contributed by atoms with Gasteiger partial charge < -0.3 is 14.8 Å². The van der Waals surface area contributed by atoms with Gasteiger partial charge in [0.2, 0.25) is 5.91 Å². The third kappa shape index (κ3) is 5.51. The number of benzene rings is 3. The minimum atomic E-state index is -0.283. The highest BCUT2D eigenvalue weighted by Gasteiger charge is 2.35. The zero-order valence-corrected chi connectivity index (χ0v) is 21.7. The molecule has 6 nitrogen and oxygen atoms in total. The fraction of sp³-hybridized carbons (Fsp3) is 0.200. The Hall–Kier alpha value is -2.68. The van der Waals surface area contributed by atoms with Gasteiger partial charge in [0, 0.05) is 16.4 Å². The highest BCUT2D eigenvalue weighted by molar-refractivity contribution is 9.10. The second-order valence-corrected chi connectivity index (χ2v) is 10.0. The molecule has 2 amide bonds. The first kappa shape index (κ1) is 24.4. The Labute approximate surface area is 215 Å². The van der Waals surface area contributed by atoms with Gasteiger partial charge in [0.05, 0.1) is 17.3 Å². The van der Waals surface area contributed by atoms with Crippen molar-refractivity contribution < 1.29 is 19.1 Å². The summed E-state index contributed by atoms with van der Waals surface area (Å²) in [5.41, 5.74) is 3.40. The van der Waals surface area contributed by atoms with Gasteiger partial charge in [0.1, 0.15) is 5.37 Å². The molecule has 34 heavy (non-hydrogen) atoms. The standard InChI is InChI=1S/C25H22BrClN2O4S/c1-15-4-3-5-18(10-15)28-22(30)13-33-24-20(26)11-16(12-21(24)32-2)25-29(23(31)14-34-25)19-8-6-17(27)7-9-19/h3-12,25H,13-14H2,1-2H3,(H,28,30)/t25-/m1/s1. The van der Waals surface area contributed by atoms with E-state index in [1.54, 1.807) is 17.0 Å². The number of thioether (sulfide) groups is 1. The predicted molar refractivity (Wildman–Crippen MR) is 140 cm³/mol. The molecule has 0 spiro atoms. The molecule has 1 saturated heterocycles. The van der Waals surface area contributed by atoms with Gasteiger partial charge in [-0.15, -0.1) is 11.8 Å². The number of rotatable bonds is 7. The van der Waals surface area contributed by atoms with Crippen molar-refractivity contribution in [3.05, 3.63) is 81.3 Å². The number of nitrogens with zero attached hydrogens (tertiary/aromatic N) is 1. The SMILES string of the molecule is COc1cc([C@H]2SCC(=O)N2c2ccc(Cl)cc2)cc(Br)c1OCC(=O)Nc1cccc(C)c1. The molecule has 1 N–H and O–H groups in total. The maximum absolute atomic E-state index is 12.7. The smallest absolute Gasteiger partial charge is 0.262 e. The van der Waals surface area contributed by atoms with Crippen molar-refractivity contribution in [3.63, 3.8) is 0 Å². The van der Waals surface area contributed by atoms with Gasteiger partial charge >= 0.3 is 0 Å². The second-order valence-electron chi connectivity index (χ2n) is 7.64. The van der Waals surface area contributed by atoms with Crippen LogP contribution in [0.2, 0.25) is 5.02 Å². The lowest BCUT2D eigenvalue weighted by Crippen LogP contribution is -2.27. The van der Waals surface area contributed by atoms with Crippen LogP contribution in [0.25, 0.3) is 0 Å². The van der Waals surface area contributed by atoms with E-state index in [1.807, 2.05) is 55.5 Å². The number of halogens is 2. The predicted octanol–water partition coefficient (Wildman–Crippen LogP) is 6.22. The number of hydrogen-bond acceptors (Lipinski definition) is 5. The molecule has 3 aromatic rings.